The van der Waals surface area contributed by atoms with Gasteiger partial charge in [-0.05, 0) is 43.7 Å². The van der Waals surface area contributed by atoms with Gasteiger partial charge in [-0.15, -0.1) is 0 Å². The maximum atomic E-state index is 12.9. The summed E-state index contributed by atoms with van der Waals surface area (Å²) in [5.41, 5.74) is 1.54. The van der Waals surface area contributed by atoms with Crippen molar-refractivity contribution in [2.75, 3.05) is 23.7 Å². The fourth-order valence-corrected chi connectivity index (χ4v) is 4.57. The van der Waals surface area contributed by atoms with Crippen molar-refractivity contribution in [2.24, 2.45) is 0 Å². The van der Waals surface area contributed by atoms with Crippen LogP contribution in [0.4, 0.5) is 16.2 Å². The van der Waals surface area contributed by atoms with E-state index >= 15 is 0 Å². The van der Waals surface area contributed by atoms with Crippen LogP contribution in [0, 0.1) is 6.92 Å². The monoisotopic (exact) mass is 432 g/mol. The molecule has 0 aliphatic carbocycles. The normalized spacial score (nSPS) is 12.3. The predicted molar refractivity (Wildman–Crippen MR) is 118 cm³/mol. The Labute approximate surface area is 177 Å². The van der Waals surface area contributed by atoms with E-state index in [0.717, 1.165) is 0 Å². The third kappa shape index (κ3) is 5.80. The van der Waals surface area contributed by atoms with E-state index in [0.29, 0.717) is 30.0 Å². The lowest BCUT2D eigenvalue weighted by Crippen LogP contribution is -2.43. The Morgan fingerprint density at radius 2 is 1.60 bits per heavy atom. The summed E-state index contributed by atoms with van der Waals surface area (Å²) in [6.45, 7) is 7.51. The molecule has 2 rings (SSSR count). The molecular formula is C21H28N4O4S. The number of amides is 3. The highest BCUT2D eigenvalue weighted by Gasteiger charge is 2.24. The van der Waals surface area contributed by atoms with Crippen LogP contribution in [0.1, 0.15) is 26.3 Å². The fourth-order valence-electron chi connectivity index (χ4n) is 2.86. The van der Waals surface area contributed by atoms with Crippen molar-refractivity contribution >= 4 is 33.3 Å². The molecule has 0 saturated carbocycles. The first-order chi connectivity index (χ1) is 14.2. The average Bonchev–Trinajstić information content (AvgIpc) is 2.70. The maximum absolute atomic E-state index is 12.9. The predicted octanol–water partition coefficient (Wildman–Crippen LogP) is 3.17. The number of carbonyl (C=O) groups excluding carboxylic acids is 2. The first kappa shape index (κ1) is 23.4. The van der Waals surface area contributed by atoms with E-state index in [9.17, 15) is 18.0 Å². The lowest BCUT2D eigenvalue weighted by molar-refractivity contribution is -0.117. The van der Waals surface area contributed by atoms with Crippen molar-refractivity contribution in [3.8, 4) is 0 Å². The maximum Gasteiger partial charge on any atom is 0.319 e. The quantitative estimate of drug-likeness (QED) is 0.595. The van der Waals surface area contributed by atoms with Gasteiger partial charge in [0.05, 0.1) is 4.90 Å². The van der Waals surface area contributed by atoms with E-state index < -0.39 is 28.0 Å². The SMILES string of the molecule is CCN(CC)S(=O)(=O)c1cc(NC(=O)[C@@H](C)NC(=O)Nc2ccccc2)ccc1C. The molecule has 0 spiro atoms. The number of urea groups is 1. The zero-order valence-corrected chi connectivity index (χ0v) is 18.4. The second kappa shape index (κ2) is 10.2. The number of sulfonamides is 1. The first-order valence-corrected chi connectivity index (χ1v) is 11.2. The molecule has 8 nitrogen and oxygen atoms in total. The molecule has 0 aliphatic rings. The number of nitrogens with zero attached hydrogens (tertiary/aromatic N) is 1. The zero-order valence-electron chi connectivity index (χ0n) is 17.6. The van der Waals surface area contributed by atoms with Gasteiger partial charge in [-0.1, -0.05) is 38.1 Å². The van der Waals surface area contributed by atoms with Crippen molar-refractivity contribution in [3.63, 3.8) is 0 Å². The van der Waals surface area contributed by atoms with Gasteiger partial charge in [0.1, 0.15) is 6.04 Å². The van der Waals surface area contributed by atoms with Crippen LogP contribution in [0.15, 0.2) is 53.4 Å². The first-order valence-electron chi connectivity index (χ1n) is 9.73. The molecule has 1 atom stereocenters. The summed E-state index contributed by atoms with van der Waals surface area (Å²) in [7, 11) is -3.66. The summed E-state index contributed by atoms with van der Waals surface area (Å²) in [6.07, 6.45) is 0. The van der Waals surface area contributed by atoms with Gasteiger partial charge in [-0.25, -0.2) is 13.2 Å². The molecule has 0 heterocycles. The zero-order chi connectivity index (χ0) is 22.3. The van der Waals surface area contributed by atoms with E-state index in [1.165, 1.54) is 10.4 Å². The van der Waals surface area contributed by atoms with Gasteiger partial charge in [-0.2, -0.15) is 4.31 Å². The highest BCUT2D eigenvalue weighted by atomic mass is 32.2. The van der Waals surface area contributed by atoms with Crippen LogP contribution in [-0.2, 0) is 14.8 Å². The Balaban J connectivity index is 2.08. The van der Waals surface area contributed by atoms with Gasteiger partial charge in [0.25, 0.3) is 0 Å². The van der Waals surface area contributed by atoms with Gasteiger partial charge < -0.3 is 16.0 Å². The number of rotatable bonds is 8. The van der Waals surface area contributed by atoms with E-state index in [1.54, 1.807) is 64.1 Å². The van der Waals surface area contributed by atoms with Gasteiger partial charge in [0, 0.05) is 24.5 Å². The molecule has 3 N–H and O–H groups in total. The number of carbonyl (C=O) groups is 2. The summed E-state index contributed by atoms with van der Waals surface area (Å²) >= 11 is 0. The Bertz CT molecular complexity index is 989. The molecule has 0 aliphatic heterocycles. The highest BCUT2D eigenvalue weighted by Crippen LogP contribution is 2.23. The molecule has 0 aromatic heterocycles. The van der Waals surface area contributed by atoms with Crippen LogP contribution < -0.4 is 16.0 Å². The number of hydrogen-bond donors (Lipinski definition) is 3. The Kier molecular flexibility index (Phi) is 7.96. The molecule has 162 valence electrons. The summed E-state index contributed by atoms with van der Waals surface area (Å²) in [5, 5.41) is 7.85. The van der Waals surface area contributed by atoms with Gasteiger partial charge in [0.15, 0.2) is 0 Å². The molecule has 9 heteroatoms. The molecule has 2 aromatic carbocycles. The van der Waals surface area contributed by atoms with Crippen LogP contribution in [0.2, 0.25) is 0 Å². The van der Waals surface area contributed by atoms with E-state index in [1.807, 2.05) is 6.07 Å². The third-order valence-corrected chi connectivity index (χ3v) is 6.74. The number of hydrogen-bond acceptors (Lipinski definition) is 4. The molecule has 0 saturated heterocycles. The van der Waals surface area contributed by atoms with Crippen LogP contribution in [0.25, 0.3) is 0 Å². The highest BCUT2D eigenvalue weighted by molar-refractivity contribution is 7.89. The van der Waals surface area contributed by atoms with Gasteiger partial charge >= 0.3 is 6.03 Å². The van der Waals surface area contributed by atoms with E-state index in [-0.39, 0.29) is 4.90 Å². The Hall–Kier alpha value is -2.91. The molecule has 2 aromatic rings. The molecule has 0 radical (unpaired) electrons. The minimum absolute atomic E-state index is 0.145. The fraction of sp³-hybridized carbons (Fsp3) is 0.333. The van der Waals surface area contributed by atoms with Crippen molar-refractivity contribution in [1.29, 1.82) is 0 Å². The van der Waals surface area contributed by atoms with Crippen LogP contribution in [0.5, 0.6) is 0 Å². The molecular weight excluding hydrogens is 404 g/mol. The minimum Gasteiger partial charge on any atom is -0.326 e. The van der Waals surface area contributed by atoms with Crippen LogP contribution >= 0.6 is 0 Å². The summed E-state index contributed by atoms with van der Waals surface area (Å²) in [6, 6.07) is 12.2. The summed E-state index contributed by atoms with van der Waals surface area (Å²) in [5.74, 6) is -0.465. The second-order valence-corrected chi connectivity index (χ2v) is 8.65. The third-order valence-electron chi connectivity index (χ3n) is 4.55. The van der Waals surface area contributed by atoms with Crippen molar-refractivity contribution in [1.82, 2.24) is 9.62 Å². The number of nitrogens with one attached hydrogen (secondary N) is 3. The average molecular weight is 433 g/mol. The molecule has 30 heavy (non-hydrogen) atoms. The molecule has 0 fully saturated rings. The molecule has 0 bridgehead atoms. The standard InChI is InChI=1S/C21H28N4O4S/c1-5-25(6-2)30(28,29)19-14-18(13-12-15(19)3)23-20(26)16(4)22-21(27)24-17-10-8-7-9-11-17/h7-14,16H,5-6H2,1-4H3,(H,23,26)(H2,22,24,27)/t16-/m1/s1. The van der Waals surface area contributed by atoms with Crippen LogP contribution in [0.3, 0.4) is 0 Å². The molecule has 0 unspecified atom stereocenters. The topological polar surface area (TPSA) is 108 Å². The van der Waals surface area contributed by atoms with E-state index in [2.05, 4.69) is 16.0 Å². The number of anilines is 2. The number of benzene rings is 2. The van der Waals surface area contributed by atoms with E-state index in [4.69, 9.17) is 0 Å². The van der Waals surface area contributed by atoms with Crippen LogP contribution in [-0.4, -0.2) is 43.8 Å². The number of para-hydroxylation sites is 1. The minimum atomic E-state index is -3.66. The lowest BCUT2D eigenvalue weighted by Gasteiger charge is -2.21. The Morgan fingerprint density at radius 1 is 0.967 bits per heavy atom. The summed E-state index contributed by atoms with van der Waals surface area (Å²) < 4.78 is 27.1. The van der Waals surface area contributed by atoms with Crippen molar-refractivity contribution < 1.29 is 18.0 Å². The largest absolute Gasteiger partial charge is 0.326 e. The second-order valence-electron chi connectivity index (χ2n) is 6.75. The summed E-state index contributed by atoms with van der Waals surface area (Å²) in [4.78, 5) is 24.7. The van der Waals surface area contributed by atoms with Gasteiger partial charge in [-0.3, -0.25) is 4.79 Å². The lowest BCUT2D eigenvalue weighted by atomic mass is 10.2. The van der Waals surface area contributed by atoms with Gasteiger partial charge in [0.2, 0.25) is 15.9 Å². The number of aryl methyl sites for hydroxylation is 1. The molecule has 3 amide bonds. The van der Waals surface area contributed by atoms with Crippen molar-refractivity contribution in [3.05, 3.63) is 54.1 Å². The Morgan fingerprint density at radius 3 is 2.20 bits per heavy atom. The smallest absolute Gasteiger partial charge is 0.319 e. The van der Waals surface area contributed by atoms with Crippen molar-refractivity contribution in [2.45, 2.75) is 38.6 Å².